The summed E-state index contributed by atoms with van der Waals surface area (Å²) in [6.07, 6.45) is 9.55. The standard InChI is InChI=1S/C18H23ClN4O2/c1-13-16(11-21-24-12-14-8-9-17(19)20-10-14)18(23(2)22-13)25-15-6-4-3-5-7-15/h8-11,15H,3-7,12H2,1-2H3/b21-11+. The van der Waals surface area contributed by atoms with E-state index >= 15 is 0 Å². The summed E-state index contributed by atoms with van der Waals surface area (Å²) in [5.74, 6) is 0.755. The molecule has 25 heavy (non-hydrogen) atoms. The lowest BCUT2D eigenvalue weighted by molar-refractivity contribution is 0.131. The first kappa shape index (κ1) is 17.7. The van der Waals surface area contributed by atoms with Gasteiger partial charge in [0.25, 0.3) is 0 Å². The third-order valence-corrected chi connectivity index (χ3v) is 4.54. The van der Waals surface area contributed by atoms with E-state index in [1.54, 1.807) is 23.2 Å². The lowest BCUT2D eigenvalue weighted by atomic mass is 9.98. The van der Waals surface area contributed by atoms with Crippen LogP contribution in [0.15, 0.2) is 23.5 Å². The highest BCUT2D eigenvalue weighted by Gasteiger charge is 2.20. The van der Waals surface area contributed by atoms with Crippen LogP contribution in [0.25, 0.3) is 0 Å². The minimum atomic E-state index is 0.261. The topological polar surface area (TPSA) is 61.5 Å². The molecule has 1 saturated carbocycles. The van der Waals surface area contributed by atoms with Crippen LogP contribution in [-0.4, -0.2) is 27.1 Å². The molecule has 0 bridgehead atoms. The van der Waals surface area contributed by atoms with Crippen molar-refractivity contribution >= 4 is 17.8 Å². The first-order valence-corrected chi connectivity index (χ1v) is 8.97. The van der Waals surface area contributed by atoms with Gasteiger partial charge in [-0.2, -0.15) is 5.10 Å². The molecule has 134 valence electrons. The predicted molar refractivity (Wildman–Crippen MR) is 97.1 cm³/mol. The summed E-state index contributed by atoms with van der Waals surface area (Å²) in [5.41, 5.74) is 2.64. The molecular weight excluding hydrogens is 340 g/mol. The van der Waals surface area contributed by atoms with Crippen LogP contribution in [0, 0.1) is 6.92 Å². The monoisotopic (exact) mass is 362 g/mol. The van der Waals surface area contributed by atoms with Gasteiger partial charge in [0.15, 0.2) is 0 Å². The Labute approximate surface area is 152 Å². The van der Waals surface area contributed by atoms with Crippen molar-refractivity contribution in [1.82, 2.24) is 14.8 Å². The second-order valence-electron chi connectivity index (χ2n) is 6.30. The smallest absolute Gasteiger partial charge is 0.221 e. The summed E-state index contributed by atoms with van der Waals surface area (Å²) >= 11 is 5.77. The molecule has 0 aliphatic heterocycles. The number of oxime groups is 1. The van der Waals surface area contributed by atoms with Crippen molar-refractivity contribution in [3.63, 3.8) is 0 Å². The molecule has 2 heterocycles. The van der Waals surface area contributed by atoms with Crippen molar-refractivity contribution < 1.29 is 9.57 Å². The Balaban J connectivity index is 1.63. The minimum absolute atomic E-state index is 0.261. The molecule has 0 saturated heterocycles. The number of nitrogens with zero attached hydrogens (tertiary/aromatic N) is 4. The van der Waals surface area contributed by atoms with Crippen molar-refractivity contribution in [2.75, 3.05) is 0 Å². The van der Waals surface area contributed by atoms with E-state index in [0.717, 1.165) is 35.5 Å². The second-order valence-corrected chi connectivity index (χ2v) is 6.69. The van der Waals surface area contributed by atoms with Crippen LogP contribution in [0.5, 0.6) is 5.88 Å². The number of hydrogen-bond donors (Lipinski definition) is 0. The van der Waals surface area contributed by atoms with Gasteiger partial charge in [-0.05, 0) is 38.7 Å². The van der Waals surface area contributed by atoms with Crippen molar-refractivity contribution in [3.8, 4) is 5.88 Å². The van der Waals surface area contributed by atoms with Crippen molar-refractivity contribution in [2.24, 2.45) is 12.2 Å². The second kappa shape index (κ2) is 8.34. The maximum atomic E-state index is 6.20. The van der Waals surface area contributed by atoms with E-state index in [4.69, 9.17) is 21.2 Å². The van der Waals surface area contributed by atoms with Crippen molar-refractivity contribution in [3.05, 3.63) is 40.3 Å². The van der Waals surface area contributed by atoms with E-state index in [0.29, 0.717) is 11.8 Å². The van der Waals surface area contributed by atoms with Crippen LogP contribution in [-0.2, 0) is 18.5 Å². The van der Waals surface area contributed by atoms with Crippen LogP contribution in [0.2, 0.25) is 5.15 Å². The number of halogens is 1. The largest absolute Gasteiger partial charge is 0.474 e. The van der Waals surface area contributed by atoms with E-state index < -0.39 is 0 Å². The van der Waals surface area contributed by atoms with E-state index in [2.05, 4.69) is 15.2 Å². The fourth-order valence-corrected chi connectivity index (χ4v) is 3.09. The third kappa shape index (κ3) is 4.72. The molecule has 0 aromatic carbocycles. The molecule has 2 aromatic rings. The van der Waals surface area contributed by atoms with E-state index in [1.807, 2.05) is 20.0 Å². The molecular formula is C18H23ClN4O2. The van der Waals surface area contributed by atoms with Gasteiger partial charge in [-0.15, -0.1) is 0 Å². The normalized spacial score (nSPS) is 15.6. The summed E-state index contributed by atoms with van der Waals surface area (Å²) in [5, 5.41) is 8.97. The zero-order valence-electron chi connectivity index (χ0n) is 14.6. The Morgan fingerprint density at radius 3 is 2.84 bits per heavy atom. The van der Waals surface area contributed by atoms with Crippen LogP contribution in [0.1, 0.15) is 48.9 Å². The summed E-state index contributed by atoms with van der Waals surface area (Å²) < 4.78 is 7.97. The Morgan fingerprint density at radius 2 is 2.12 bits per heavy atom. The predicted octanol–water partition coefficient (Wildman–Crippen LogP) is 4.04. The van der Waals surface area contributed by atoms with Gasteiger partial charge in [-0.25, -0.2) is 9.67 Å². The van der Waals surface area contributed by atoms with Gasteiger partial charge in [0.1, 0.15) is 17.9 Å². The Kier molecular flexibility index (Phi) is 5.91. The Hall–Kier alpha value is -2.08. The summed E-state index contributed by atoms with van der Waals surface area (Å²) in [7, 11) is 1.89. The average molecular weight is 363 g/mol. The number of ether oxygens (including phenoxy) is 1. The minimum Gasteiger partial charge on any atom is -0.474 e. The fraction of sp³-hybridized carbons (Fsp3) is 0.500. The maximum Gasteiger partial charge on any atom is 0.221 e. The quantitative estimate of drug-likeness (QED) is 0.442. The molecule has 0 radical (unpaired) electrons. The van der Waals surface area contributed by atoms with Gasteiger partial charge in [0.05, 0.1) is 17.5 Å². The molecule has 0 unspecified atom stereocenters. The highest BCUT2D eigenvalue weighted by Crippen LogP contribution is 2.26. The highest BCUT2D eigenvalue weighted by atomic mass is 35.5. The van der Waals surface area contributed by atoms with Crippen LogP contribution in [0.4, 0.5) is 0 Å². The zero-order valence-corrected chi connectivity index (χ0v) is 15.4. The first-order chi connectivity index (χ1) is 12.1. The first-order valence-electron chi connectivity index (χ1n) is 8.59. The molecule has 0 N–H and O–H groups in total. The SMILES string of the molecule is Cc1nn(C)c(OC2CCCCC2)c1/C=N/OCc1ccc(Cl)nc1. The van der Waals surface area contributed by atoms with Crippen molar-refractivity contribution in [2.45, 2.75) is 51.7 Å². The average Bonchev–Trinajstić information content (AvgIpc) is 2.88. The number of aromatic nitrogens is 3. The van der Waals surface area contributed by atoms with Crippen LogP contribution >= 0.6 is 11.6 Å². The van der Waals surface area contributed by atoms with E-state index in [1.165, 1.54) is 19.3 Å². The maximum absolute atomic E-state index is 6.20. The third-order valence-electron chi connectivity index (χ3n) is 4.32. The zero-order chi connectivity index (χ0) is 17.6. The lowest BCUT2D eigenvalue weighted by Gasteiger charge is -2.23. The summed E-state index contributed by atoms with van der Waals surface area (Å²) in [6.45, 7) is 2.27. The van der Waals surface area contributed by atoms with Crippen LogP contribution < -0.4 is 4.74 Å². The van der Waals surface area contributed by atoms with Gasteiger partial charge in [0.2, 0.25) is 5.88 Å². The number of hydrogen-bond acceptors (Lipinski definition) is 5. The van der Waals surface area contributed by atoms with E-state index in [9.17, 15) is 0 Å². The highest BCUT2D eigenvalue weighted by molar-refractivity contribution is 6.29. The Bertz CT molecular complexity index is 721. The molecule has 0 spiro atoms. The number of aryl methyl sites for hydroxylation is 2. The molecule has 0 atom stereocenters. The Morgan fingerprint density at radius 1 is 1.32 bits per heavy atom. The van der Waals surface area contributed by atoms with Gasteiger partial charge < -0.3 is 9.57 Å². The van der Waals surface area contributed by atoms with E-state index in [-0.39, 0.29) is 6.10 Å². The van der Waals surface area contributed by atoms with Crippen LogP contribution in [0.3, 0.4) is 0 Å². The molecule has 2 aromatic heterocycles. The fourth-order valence-electron chi connectivity index (χ4n) is 2.98. The van der Waals surface area contributed by atoms with Gasteiger partial charge >= 0.3 is 0 Å². The summed E-state index contributed by atoms with van der Waals surface area (Å²) in [6, 6.07) is 3.59. The van der Waals surface area contributed by atoms with Gasteiger partial charge in [-0.1, -0.05) is 29.2 Å². The number of rotatable bonds is 6. The summed E-state index contributed by atoms with van der Waals surface area (Å²) in [4.78, 5) is 9.38. The van der Waals surface area contributed by atoms with Gasteiger partial charge in [-0.3, -0.25) is 0 Å². The molecule has 7 heteroatoms. The molecule has 1 aliphatic rings. The number of pyridine rings is 1. The lowest BCUT2D eigenvalue weighted by Crippen LogP contribution is -2.21. The molecule has 1 fully saturated rings. The van der Waals surface area contributed by atoms with Crippen molar-refractivity contribution in [1.29, 1.82) is 0 Å². The van der Waals surface area contributed by atoms with Gasteiger partial charge in [0, 0.05) is 18.8 Å². The molecule has 1 aliphatic carbocycles. The molecule has 0 amide bonds. The molecule has 3 rings (SSSR count). The molecule has 6 nitrogen and oxygen atoms in total.